The third-order valence-electron chi connectivity index (χ3n) is 3.13. The smallest absolute Gasteiger partial charge is 0.339 e. The van der Waals surface area contributed by atoms with Gasteiger partial charge in [0.1, 0.15) is 17.6 Å². The monoisotopic (exact) mass is 280 g/mol. The minimum absolute atomic E-state index is 0.0921. The first-order valence-corrected chi connectivity index (χ1v) is 6.87. The van der Waals surface area contributed by atoms with Crippen LogP contribution >= 0.6 is 0 Å². The molecule has 0 aromatic heterocycles. The lowest BCUT2D eigenvalue weighted by molar-refractivity contribution is -0.153. The Morgan fingerprint density at radius 1 is 1.45 bits per heavy atom. The molecule has 0 spiro atoms. The number of benzene rings is 1. The summed E-state index contributed by atoms with van der Waals surface area (Å²) in [6, 6.07) is 3.51. The molecule has 110 valence electrons. The quantitative estimate of drug-likeness (QED) is 0.836. The van der Waals surface area contributed by atoms with Gasteiger partial charge in [-0.05, 0) is 32.9 Å². The Kier molecular flexibility index (Phi) is 4.49. The van der Waals surface area contributed by atoms with Gasteiger partial charge in [-0.15, -0.1) is 0 Å². The van der Waals surface area contributed by atoms with Crippen LogP contribution in [0.5, 0.6) is 11.5 Å². The minimum Gasteiger partial charge on any atom is -0.493 e. The van der Waals surface area contributed by atoms with Crippen LogP contribution in [0.1, 0.15) is 38.0 Å². The summed E-state index contributed by atoms with van der Waals surface area (Å²) >= 11 is 0. The van der Waals surface area contributed by atoms with Crippen molar-refractivity contribution in [3.8, 4) is 11.5 Å². The van der Waals surface area contributed by atoms with Crippen LogP contribution in [-0.2, 0) is 16.0 Å². The van der Waals surface area contributed by atoms with Gasteiger partial charge in [-0.25, -0.2) is 4.79 Å². The summed E-state index contributed by atoms with van der Waals surface area (Å²) in [6.07, 6.45) is -0.471. The van der Waals surface area contributed by atoms with E-state index in [0.29, 0.717) is 23.7 Å². The van der Waals surface area contributed by atoms with Gasteiger partial charge in [-0.3, -0.25) is 0 Å². The molecule has 0 aliphatic carbocycles. The third kappa shape index (κ3) is 2.88. The molecule has 0 bridgehead atoms. The predicted molar refractivity (Wildman–Crippen MR) is 73.0 cm³/mol. The van der Waals surface area contributed by atoms with Crippen molar-refractivity contribution in [3.05, 3.63) is 23.3 Å². The van der Waals surface area contributed by atoms with E-state index in [1.54, 1.807) is 13.0 Å². The molecule has 0 fully saturated rings. The average Bonchev–Trinajstić information content (AvgIpc) is 2.77. The highest BCUT2D eigenvalue weighted by atomic mass is 16.5. The van der Waals surface area contributed by atoms with Gasteiger partial charge >= 0.3 is 5.97 Å². The first kappa shape index (κ1) is 14.7. The summed E-state index contributed by atoms with van der Waals surface area (Å²) in [5, 5.41) is 10.1. The molecule has 5 nitrogen and oxygen atoms in total. The molecule has 5 heteroatoms. The van der Waals surface area contributed by atoms with Crippen LogP contribution in [0.15, 0.2) is 12.1 Å². The van der Waals surface area contributed by atoms with E-state index in [9.17, 15) is 9.90 Å². The molecule has 2 unspecified atom stereocenters. The second kappa shape index (κ2) is 6.13. The fraction of sp³-hybridized carbons (Fsp3) is 0.533. The van der Waals surface area contributed by atoms with Crippen LogP contribution in [0.25, 0.3) is 0 Å². The summed E-state index contributed by atoms with van der Waals surface area (Å²) in [7, 11) is 0. The van der Waals surface area contributed by atoms with E-state index in [-0.39, 0.29) is 12.7 Å². The summed E-state index contributed by atoms with van der Waals surface area (Å²) in [4.78, 5) is 11.7. The molecule has 1 aromatic carbocycles. The minimum atomic E-state index is -1.36. The SMILES string of the molecule is CCOC(=O)C(O)c1cc2c(cc1OCC)CC(C)O2. The van der Waals surface area contributed by atoms with Crippen molar-refractivity contribution in [1.82, 2.24) is 0 Å². The van der Waals surface area contributed by atoms with Crippen molar-refractivity contribution in [2.24, 2.45) is 0 Å². The maximum Gasteiger partial charge on any atom is 0.339 e. The zero-order valence-electron chi connectivity index (χ0n) is 12.0. The van der Waals surface area contributed by atoms with E-state index >= 15 is 0 Å². The molecule has 1 aliphatic heterocycles. The molecular weight excluding hydrogens is 260 g/mol. The number of esters is 1. The average molecular weight is 280 g/mol. The lowest BCUT2D eigenvalue weighted by atomic mass is 10.0. The summed E-state index contributed by atoms with van der Waals surface area (Å²) in [5.41, 5.74) is 1.42. The molecule has 0 saturated heterocycles. The highest BCUT2D eigenvalue weighted by Gasteiger charge is 2.28. The first-order valence-electron chi connectivity index (χ1n) is 6.87. The number of aliphatic hydroxyl groups excluding tert-OH is 1. The fourth-order valence-electron chi connectivity index (χ4n) is 2.30. The molecule has 2 rings (SSSR count). The standard InChI is InChI=1S/C15H20O5/c1-4-18-13-7-10-6-9(3)20-12(10)8-11(13)14(16)15(17)19-5-2/h7-9,14,16H,4-6H2,1-3H3. The Morgan fingerprint density at radius 2 is 2.20 bits per heavy atom. The van der Waals surface area contributed by atoms with Gasteiger partial charge in [0.15, 0.2) is 6.10 Å². The van der Waals surface area contributed by atoms with Gasteiger partial charge < -0.3 is 19.3 Å². The maximum atomic E-state index is 11.7. The van der Waals surface area contributed by atoms with E-state index < -0.39 is 12.1 Å². The number of fused-ring (bicyclic) bond motifs is 1. The second-order valence-corrected chi connectivity index (χ2v) is 4.72. The van der Waals surface area contributed by atoms with Gasteiger partial charge in [0.05, 0.1) is 13.2 Å². The molecule has 2 atom stereocenters. The van der Waals surface area contributed by atoms with E-state index in [1.165, 1.54) is 0 Å². The van der Waals surface area contributed by atoms with Gasteiger partial charge in [0.25, 0.3) is 0 Å². The van der Waals surface area contributed by atoms with Crippen LogP contribution < -0.4 is 9.47 Å². The molecule has 1 aromatic rings. The highest BCUT2D eigenvalue weighted by Crippen LogP contribution is 2.38. The molecule has 1 N–H and O–H groups in total. The van der Waals surface area contributed by atoms with Gasteiger partial charge in [0.2, 0.25) is 0 Å². The normalized spacial score (nSPS) is 18.1. The van der Waals surface area contributed by atoms with E-state index in [4.69, 9.17) is 14.2 Å². The first-order chi connectivity index (χ1) is 9.56. The van der Waals surface area contributed by atoms with Gasteiger partial charge in [-0.1, -0.05) is 0 Å². The van der Waals surface area contributed by atoms with Crippen molar-refractivity contribution < 1.29 is 24.1 Å². The van der Waals surface area contributed by atoms with Crippen LogP contribution in [0, 0.1) is 0 Å². The Hall–Kier alpha value is -1.75. The molecule has 1 heterocycles. The zero-order chi connectivity index (χ0) is 14.7. The van der Waals surface area contributed by atoms with Crippen LogP contribution in [0.2, 0.25) is 0 Å². The van der Waals surface area contributed by atoms with Crippen LogP contribution in [-0.4, -0.2) is 30.4 Å². The molecule has 0 saturated carbocycles. The van der Waals surface area contributed by atoms with Crippen LogP contribution in [0.3, 0.4) is 0 Å². The van der Waals surface area contributed by atoms with Crippen molar-refractivity contribution in [2.75, 3.05) is 13.2 Å². The van der Waals surface area contributed by atoms with Crippen molar-refractivity contribution >= 4 is 5.97 Å². The molecule has 1 aliphatic rings. The number of rotatable bonds is 5. The van der Waals surface area contributed by atoms with Gasteiger partial charge in [0, 0.05) is 17.5 Å². The highest BCUT2D eigenvalue weighted by molar-refractivity contribution is 5.77. The zero-order valence-corrected chi connectivity index (χ0v) is 12.0. The Labute approximate surface area is 118 Å². The van der Waals surface area contributed by atoms with Crippen molar-refractivity contribution in [1.29, 1.82) is 0 Å². The Bertz CT molecular complexity index is 497. The number of hydrogen-bond donors (Lipinski definition) is 1. The lowest BCUT2D eigenvalue weighted by Gasteiger charge is -2.16. The van der Waals surface area contributed by atoms with Crippen molar-refractivity contribution in [3.63, 3.8) is 0 Å². The summed E-state index contributed by atoms with van der Waals surface area (Å²) < 4.78 is 16.0. The number of aliphatic hydroxyl groups is 1. The van der Waals surface area contributed by atoms with Crippen molar-refractivity contribution in [2.45, 2.75) is 39.4 Å². The predicted octanol–water partition coefficient (Wildman–Crippen LogP) is 2.01. The number of carbonyl (C=O) groups excluding carboxylic acids is 1. The van der Waals surface area contributed by atoms with Gasteiger partial charge in [-0.2, -0.15) is 0 Å². The molecular formula is C15H20O5. The summed E-state index contributed by atoms with van der Waals surface area (Å²) in [6.45, 7) is 6.20. The summed E-state index contributed by atoms with van der Waals surface area (Å²) in [5.74, 6) is 0.517. The number of carbonyl (C=O) groups is 1. The fourth-order valence-corrected chi connectivity index (χ4v) is 2.30. The third-order valence-corrected chi connectivity index (χ3v) is 3.13. The molecule has 20 heavy (non-hydrogen) atoms. The molecule has 0 amide bonds. The van der Waals surface area contributed by atoms with E-state index in [2.05, 4.69) is 0 Å². The van der Waals surface area contributed by atoms with E-state index in [0.717, 1.165) is 12.0 Å². The second-order valence-electron chi connectivity index (χ2n) is 4.72. The van der Waals surface area contributed by atoms with E-state index in [1.807, 2.05) is 19.9 Å². The lowest BCUT2D eigenvalue weighted by Crippen LogP contribution is -2.16. The maximum absolute atomic E-state index is 11.7. The Balaban J connectivity index is 2.35. The molecule has 0 radical (unpaired) electrons. The largest absolute Gasteiger partial charge is 0.493 e. The van der Waals surface area contributed by atoms with Crippen LogP contribution in [0.4, 0.5) is 0 Å². The number of ether oxygens (including phenoxy) is 3. The topological polar surface area (TPSA) is 65.0 Å². The number of hydrogen-bond acceptors (Lipinski definition) is 5. The Morgan fingerprint density at radius 3 is 2.85 bits per heavy atom.